The van der Waals surface area contributed by atoms with Crippen molar-refractivity contribution in [3.63, 3.8) is 0 Å². The second-order valence-electron chi connectivity index (χ2n) is 5.54. The number of benzene rings is 1. The van der Waals surface area contributed by atoms with Crippen LogP contribution < -0.4 is 0 Å². The Kier molecular flexibility index (Phi) is 3.42. The molecule has 20 heavy (non-hydrogen) atoms. The maximum absolute atomic E-state index is 12.5. The molecule has 1 unspecified atom stereocenters. The van der Waals surface area contributed by atoms with E-state index in [2.05, 4.69) is 5.16 Å². The lowest BCUT2D eigenvalue weighted by Crippen LogP contribution is -2.46. The second-order valence-corrected chi connectivity index (χ2v) is 5.98. The number of nitrogens with zero attached hydrogens (tertiary/aromatic N) is 2. The highest BCUT2D eigenvalue weighted by Gasteiger charge is 2.45. The first-order valence-electron chi connectivity index (χ1n) is 6.89. The summed E-state index contributed by atoms with van der Waals surface area (Å²) in [4.78, 5) is 19.9. The molecule has 2 aliphatic rings. The van der Waals surface area contributed by atoms with Gasteiger partial charge in [-0.25, -0.2) is 0 Å². The number of rotatable bonds is 2. The van der Waals surface area contributed by atoms with E-state index in [1.165, 1.54) is 0 Å². The van der Waals surface area contributed by atoms with E-state index in [-0.39, 0.29) is 5.91 Å². The van der Waals surface area contributed by atoms with Gasteiger partial charge in [0.2, 0.25) is 5.60 Å². The molecule has 1 atom stereocenters. The molecule has 1 aromatic carbocycles. The van der Waals surface area contributed by atoms with Crippen molar-refractivity contribution in [2.75, 3.05) is 13.1 Å². The zero-order valence-electron chi connectivity index (χ0n) is 11.4. The topological polar surface area (TPSA) is 41.9 Å². The number of hydrogen-bond acceptors (Lipinski definition) is 3. The van der Waals surface area contributed by atoms with Gasteiger partial charge in [-0.1, -0.05) is 28.9 Å². The monoisotopic (exact) mass is 292 g/mol. The summed E-state index contributed by atoms with van der Waals surface area (Å²) in [5.41, 5.74) is 0.892. The average Bonchev–Trinajstić information content (AvgIpc) is 3.09. The van der Waals surface area contributed by atoms with Crippen LogP contribution in [0.25, 0.3) is 0 Å². The van der Waals surface area contributed by atoms with Gasteiger partial charge in [-0.3, -0.25) is 4.79 Å². The summed E-state index contributed by atoms with van der Waals surface area (Å²) in [6.45, 7) is 3.47. The highest BCUT2D eigenvalue weighted by atomic mass is 35.5. The number of carbonyl (C=O) groups excluding carboxylic acids is 1. The van der Waals surface area contributed by atoms with Crippen LogP contribution in [0.3, 0.4) is 0 Å². The summed E-state index contributed by atoms with van der Waals surface area (Å²) >= 11 is 5.88. The lowest BCUT2D eigenvalue weighted by atomic mass is 9.94. The highest BCUT2D eigenvalue weighted by Crippen LogP contribution is 2.30. The Morgan fingerprint density at radius 1 is 1.30 bits per heavy atom. The molecule has 1 saturated heterocycles. The minimum Gasteiger partial charge on any atom is -0.379 e. The van der Waals surface area contributed by atoms with Crippen LogP contribution in [-0.2, 0) is 9.63 Å². The standard InChI is InChI=1S/C15H17ClN2O2/c1-15(14(19)18-8-2-3-9-18)10-13(17-20-15)11-4-6-12(16)7-5-11/h4-7H,2-3,8-10H2,1H3. The summed E-state index contributed by atoms with van der Waals surface area (Å²) in [5.74, 6) is 0.0442. The number of carbonyl (C=O) groups is 1. The largest absolute Gasteiger partial charge is 0.379 e. The van der Waals surface area contributed by atoms with E-state index in [4.69, 9.17) is 16.4 Å². The number of likely N-dealkylation sites (tertiary alicyclic amines) is 1. The molecule has 0 bridgehead atoms. The van der Waals surface area contributed by atoms with Crippen LogP contribution in [0.2, 0.25) is 5.02 Å². The molecule has 106 valence electrons. The molecular weight excluding hydrogens is 276 g/mol. The molecular formula is C15H17ClN2O2. The Bertz CT molecular complexity index is 549. The molecule has 5 heteroatoms. The van der Waals surface area contributed by atoms with E-state index in [1.54, 1.807) is 0 Å². The van der Waals surface area contributed by atoms with Crippen LogP contribution in [0.15, 0.2) is 29.4 Å². The summed E-state index contributed by atoms with van der Waals surface area (Å²) in [6.07, 6.45) is 2.66. The SMILES string of the molecule is CC1(C(=O)N2CCCC2)CC(c2ccc(Cl)cc2)=NO1. The summed E-state index contributed by atoms with van der Waals surface area (Å²) in [6, 6.07) is 7.43. The molecule has 1 fully saturated rings. The van der Waals surface area contributed by atoms with Gasteiger partial charge in [-0.2, -0.15) is 0 Å². The van der Waals surface area contributed by atoms with Gasteiger partial charge in [0.15, 0.2) is 0 Å². The lowest BCUT2D eigenvalue weighted by Gasteiger charge is -2.26. The lowest BCUT2D eigenvalue weighted by molar-refractivity contribution is -0.152. The Morgan fingerprint density at radius 2 is 1.95 bits per heavy atom. The smallest absolute Gasteiger partial charge is 0.269 e. The van der Waals surface area contributed by atoms with Crippen molar-refractivity contribution in [3.8, 4) is 0 Å². The number of halogens is 1. The first-order chi connectivity index (χ1) is 9.58. The molecule has 2 heterocycles. The molecule has 0 aromatic heterocycles. The third kappa shape index (κ3) is 2.40. The zero-order valence-corrected chi connectivity index (χ0v) is 12.2. The quantitative estimate of drug-likeness (QED) is 0.841. The number of amides is 1. The highest BCUT2D eigenvalue weighted by molar-refractivity contribution is 6.30. The Hall–Kier alpha value is -1.55. The van der Waals surface area contributed by atoms with Crippen molar-refractivity contribution in [1.82, 2.24) is 4.90 Å². The van der Waals surface area contributed by atoms with E-state index in [9.17, 15) is 4.79 Å². The van der Waals surface area contributed by atoms with Crippen LogP contribution in [0.1, 0.15) is 31.7 Å². The molecule has 0 spiro atoms. The zero-order chi connectivity index (χ0) is 14.2. The van der Waals surface area contributed by atoms with E-state index >= 15 is 0 Å². The fraction of sp³-hybridized carbons (Fsp3) is 0.467. The molecule has 3 rings (SSSR count). The Morgan fingerprint density at radius 3 is 2.60 bits per heavy atom. The predicted octanol–water partition coefficient (Wildman–Crippen LogP) is 2.85. The average molecular weight is 293 g/mol. The van der Waals surface area contributed by atoms with Crippen LogP contribution in [0, 0.1) is 0 Å². The molecule has 4 nitrogen and oxygen atoms in total. The first-order valence-corrected chi connectivity index (χ1v) is 7.27. The van der Waals surface area contributed by atoms with Gasteiger partial charge in [0.1, 0.15) is 0 Å². The minimum absolute atomic E-state index is 0.0442. The van der Waals surface area contributed by atoms with Crippen LogP contribution in [-0.4, -0.2) is 35.2 Å². The van der Waals surface area contributed by atoms with E-state index in [1.807, 2.05) is 36.1 Å². The summed E-state index contributed by atoms with van der Waals surface area (Å²) in [7, 11) is 0. The van der Waals surface area contributed by atoms with Gasteiger partial charge in [0.05, 0.1) is 5.71 Å². The molecule has 0 radical (unpaired) electrons. The van der Waals surface area contributed by atoms with Gasteiger partial charge in [0, 0.05) is 24.5 Å². The molecule has 0 saturated carbocycles. The van der Waals surface area contributed by atoms with Crippen LogP contribution in [0.5, 0.6) is 0 Å². The van der Waals surface area contributed by atoms with Crippen LogP contribution in [0.4, 0.5) is 0 Å². The van der Waals surface area contributed by atoms with Crippen molar-refractivity contribution >= 4 is 23.2 Å². The van der Waals surface area contributed by atoms with E-state index < -0.39 is 5.60 Å². The maximum atomic E-state index is 12.5. The van der Waals surface area contributed by atoms with Crippen molar-refractivity contribution in [1.29, 1.82) is 0 Å². The van der Waals surface area contributed by atoms with Gasteiger partial charge < -0.3 is 9.74 Å². The summed E-state index contributed by atoms with van der Waals surface area (Å²) in [5, 5.41) is 4.79. The van der Waals surface area contributed by atoms with Gasteiger partial charge >= 0.3 is 0 Å². The molecule has 0 aliphatic carbocycles. The van der Waals surface area contributed by atoms with Gasteiger partial charge in [-0.15, -0.1) is 0 Å². The summed E-state index contributed by atoms with van der Waals surface area (Å²) < 4.78 is 0. The maximum Gasteiger partial charge on any atom is 0.269 e. The van der Waals surface area contributed by atoms with E-state index in [0.29, 0.717) is 11.4 Å². The Labute approximate surface area is 123 Å². The normalized spacial score (nSPS) is 25.5. The van der Waals surface area contributed by atoms with Crippen molar-refractivity contribution in [2.45, 2.75) is 31.8 Å². The van der Waals surface area contributed by atoms with Crippen LogP contribution >= 0.6 is 11.6 Å². The van der Waals surface area contributed by atoms with Crippen molar-refractivity contribution < 1.29 is 9.63 Å². The molecule has 0 N–H and O–H groups in total. The fourth-order valence-electron chi connectivity index (χ4n) is 2.71. The Balaban J connectivity index is 1.73. The predicted molar refractivity (Wildman–Crippen MR) is 77.9 cm³/mol. The van der Waals surface area contributed by atoms with Crippen molar-refractivity contribution in [2.24, 2.45) is 5.16 Å². The van der Waals surface area contributed by atoms with Gasteiger partial charge in [0.25, 0.3) is 5.91 Å². The van der Waals surface area contributed by atoms with Crippen molar-refractivity contribution in [3.05, 3.63) is 34.9 Å². The molecule has 2 aliphatic heterocycles. The molecule has 1 amide bonds. The number of oxime groups is 1. The second kappa shape index (κ2) is 5.09. The minimum atomic E-state index is -0.862. The molecule has 1 aromatic rings. The van der Waals surface area contributed by atoms with E-state index in [0.717, 1.165) is 37.2 Å². The third-order valence-electron chi connectivity index (χ3n) is 3.89. The third-order valence-corrected chi connectivity index (χ3v) is 4.14. The fourth-order valence-corrected chi connectivity index (χ4v) is 2.83. The first kappa shape index (κ1) is 13.4. The number of hydrogen-bond donors (Lipinski definition) is 0. The van der Waals surface area contributed by atoms with Gasteiger partial charge in [-0.05, 0) is 37.5 Å².